The Labute approximate surface area is 330 Å². The Balaban J connectivity index is 1.04. The molecule has 0 saturated heterocycles. The largest absolute Gasteiger partial charge is 0.456 e. The lowest BCUT2D eigenvalue weighted by atomic mass is 10.0. The molecule has 0 atom stereocenters. The third-order valence-electron chi connectivity index (χ3n) is 11.1. The molecule has 12 aromatic rings. The molecule has 0 spiro atoms. The van der Waals surface area contributed by atoms with E-state index >= 15 is 0 Å². The third kappa shape index (κ3) is 5.12. The first-order valence-electron chi connectivity index (χ1n) is 19.0. The molecule has 4 heterocycles. The number of thiophene rings is 1. The van der Waals surface area contributed by atoms with Gasteiger partial charge in [0.25, 0.3) is 0 Å². The first kappa shape index (κ1) is 31.9. The van der Waals surface area contributed by atoms with E-state index in [0.29, 0.717) is 17.5 Å². The Morgan fingerprint density at radius 2 is 0.947 bits per heavy atom. The van der Waals surface area contributed by atoms with E-state index in [4.69, 9.17) is 19.4 Å². The van der Waals surface area contributed by atoms with Crippen molar-refractivity contribution in [1.82, 2.24) is 19.5 Å². The summed E-state index contributed by atoms with van der Waals surface area (Å²) in [5, 5.41) is 7.03. The minimum absolute atomic E-state index is 0.587. The van der Waals surface area contributed by atoms with E-state index in [-0.39, 0.29) is 0 Å². The van der Waals surface area contributed by atoms with Crippen LogP contribution in [0.15, 0.2) is 186 Å². The van der Waals surface area contributed by atoms with E-state index in [9.17, 15) is 0 Å². The van der Waals surface area contributed by atoms with Gasteiger partial charge < -0.3 is 8.98 Å². The summed E-state index contributed by atoms with van der Waals surface area (Å²) in [6.07, 6.45) is 0. The van der Waals surface area contributed by atoms with Crippen molar-refractivity contribution >= 4 is 75.3 Å². The number of furan rings is 1. The van der Waals surface area contributed by atoms with Crippen molar-refractivity contribution in [2.24, 2.45) is 0 Å². The van der Waals surface area contributed by atoms with Gasteiger partial charge in [-0.3, -0.25) is 0 Å². The van der Waals surface area contributed by atoms with Gasteiger partial charge in [0, 0.05) is 58.7 Å². The summed E-state index contributed by atoms with van der Waals surface area (Å²) < 4.78 is 11.5. The second-order valence-electron chi connectivity index (χ2n) is 14.4. The molecule has 6 heteroatoms. The number of fused-ring (bicyclic) bond motifs is 10. The van der Waals surface area contributed by atoms with Crippen LogP contribution in [-0.4, -0.2) is 19.5 Å². The molecule has 0 radical (unpaired) electrons. The second-order valence-corrected chi connectivity index (χ2v) is 15.5. The molecule has 0 saturated carbocycles. The van der Waals surface area contributed by atoms with Crippen LogP contribution in [0.1, 0.15) is 0 Å². The van der Waals surface area contributed by atoms with Crippen LogP contribution < -0.4 is 0 Å². The van der Waals surface area contributed by atoms with Crippen LogP contribution in [0.2, 0.25) is 0 Å². The highest BCUT2D eigenvalue weighted by Gasteiger charge is 2.20. The van der Waals surface area contributed by atoms with Crippen LogP contribution in [0, 0.1) is 0 Å². The molecule has 8 aromatic carbocycles. The maximum Gasteiger partial charge on any atom is 0.164 e. The third-order valence-corrected chi connectivity index (χ3v) is 12.2. The average molecular weight is 747 g/mol. The summed E-state index contributed by atoms with van der Waals surface area (Å²) in [5.74, 6) is 1.83. The van der Waals surface area contributed by atoms with E-state index in [0.717, 1.165) is 60.9 Å². The molecule has 0 aliphatic carbocycles. The molecule has 0 N–H and O–H groups in total. The standard InChI is InChI=1S/C51H30N4OS/c1-3-11-31(12-4-1)32-19-21-33(22-20-32)49-52-50(54-51(53-49)35-23-25-39-38-16-8-10-18-45(38)57-46(39)30-35)34-24-26-41-44(29-34)56-43-28-27-40-37-15-7-9-17-42(37)55(48(40)47(41)43)36-13-5-2-6-14-36/h1-30H. The van der Waals surface area contributed by atoms with E-state index in [1.54, 1.807) is 11.3 Å². The molecular weight excluding hydrogens is 717 g/mol. The van der Waals surface area contributed by atoms with E-state index < -0.39 is 0 Å². The summed E-state index contributed by atoms with van der Waals surface area (Å²) in [7, 11) is 0. The number of rotatable bonds is 5. The Morgan fingerprint density at radius 3 is 1.74 bits per heavy atom. The number of hydrogen-bond donors (Lipinski definition) is 0. The quantitative estimate of drug-likeness (QED) is 0.176. The lowest BCUT2D eigenvalue weighted by Gasteiger charge is -2.10. The summed E-state index contributed by atoms with van der Waals surface area (Å²) in [6, 6.07) is 63.7. The van der Waals surface area contributed by atoms with Crippen LogP contribution >= 0.6 is 11.3 Å². The lowest BCUT2D eigenvalue weighted by Crippen LogP contribution is -2.00. The van der Waals surface area contributed by atoms with Crippen molar-refractivity contribution < 1.29 is 4.42 Å². The zero-order chi connectivity index (χ0) is 37.5. The molecule has 0 bridgehead atoms. The maximum atomic E-state index is 6.69. The molecule has 0 aliphatic rings. The predicted octanol–water partition coefficient (Wildman–Crippen LogP) is 13.9. The van der Waals surface area contributed by atoms with Crippen molar-refractivity contribution in [3.8, 4) is 51.0 Å². The molecule has 266 valence electrons. The SMILES string of the molecule is c1ccc(-c2ccc(-c3nc(-c4ccc5c(c4)oc4ccc6c7ccccc7n(-c7ccccc7)c6c45)nc(-c4ccc5c(c4)sc4ccccc45)n3)cc2)cc1. The minimum Gasteiger partial charge on any atom is -0.456 e. The van der Waals surface area contributed by atoms with Gasteiger partial charge in [-0.25, -0.2) is 15.0 Å². The van der Waals surface area contributed by atoms with Gasteiger partial charge in [-0.15, -0.1) is 11.3 Å². The number of nitrogens with zero attached hydrogens (tertiary/aromatic N) is 4. The van der Waals surface area contributed by atoms with Gasteiger partial charge in [0.1, 0.15) is 11.2 Å². The molecule has 12 rings (SSSR count). The fraction of sp³-hybridized carbons (Fsp3) is 0. The smallest absolute Gasteiger partial charge is 0.164 e. The molecule has 0 aliphatic heterocycles. The Morgan fingerprint density at radius 1 is 0.386 bits per heavy atom. The second kappa shape index (κ2) is 12.6. The van der Waals surface area contributed by atoms with E-state index in [2.05, 4.69) is 180 Å². The van der Waals surface area contributed by atoms with E-state index in [1.165, 1.54) is 36.5 Å². The van der Waals surface area contributed by atoms with Crippen molar-refractivity contribution in [2.75, 3.05) is 0 Å². The van der Waals surface area contributed by atoms with Gasteiger partial charge >= 0.3 is 0 Å². The number of aromatic nitrogens is 4. The molecule has 0 unspecified atom stereocenters. The number of benzene rings is 8. The summed E-state index contributed by atoms with van der Waals surface area (Å²) in [4.78, 5) is 15.4. The topological polar surface area (TPSA) is 56.7 Å². The van der Waals surface area contributed by atoms with Gasteiger partial charge in [-0.1, -0.05) is 127 Å². The number of para-hydroxylation sites is 2. The highest BCUT2D eigenvalue weighted by molar-refractivity contribution is 7.25. The molecule has 0 amide bonds. The highest BCUT2D eigenvalue weighted by Crippen LogP contribution is 2.42. The van der Waals surface area contributed by atoms with Crippen LogP contribution in [0.25, 0.3) is 115 Å². The van der Waals surface area contributed by atoms with Crippen molar-refractivity contribution in [2.45, 2.75) is 0 Å². The first-order chi connectivity index (χ1) is 28.2. The summed E-state index contributed by atoms with van der Waals surface area (Å²) in [5.41, 5.74) is 10.0. The predicted molar refractivity (Wildman–Crippen MR) is 236 cm³/mol. The monoisotopic (exact) mass is 746 g/mol. The van der Waals surface area contributed by atoms with Crippen LogP contribution in [-0.2, 0) is 0 Å². The van der Waals surface area contributed by atoms with Gasteiger partial charge in [-0.2, -0.15) is 0 Å². The average Bonchev–Trinajstić information content (AvgIpc) is 3.96. The lowest BCUT2D eigenvalue weighted by molar-refractivity contribution is 0.669. The molecular formula is C51H30N4OS. The highest BCUT2D eigenvalue weighted by atomic mass is 32.1. The summed E-state index contributed by atoms with van der Waals surface area (Å²) in [6.45, 7) is 0. The van der Waals surface area contributed by atoms with Crippen LogP contribution in [0.5, 0.6) is 0 Å². The van der Waals surface area contributed by atoms with Crippen LogP contribution in [0.3, 0.4) is 0 Å². The zero-order valence-electron chi connectivity index (χ0n) is 30.4. The Bertz CT molecular complexity index is 3510. The zero-order valence-corrected chi connectivity index (χ0v) is 31.2. The van der Waals surface area contributed by atoms with Gasteiger partial charge in [-0.05, 0) is 65.7 Å². The molecule has 4 aromatic heterocycles. The van der Waals surface area contributed by atoms with Crippen molar-refractivity contribution in [3.05, 3.63) is 182 Å². The molecule has 57 heavy (non-hydrogen) atoms. The van der Waals surface area contributed by atoms with E-state index in [1.807, 2.05) is 6.07 Å². The first-order valence-corrected chi connectivity index (χ1v) is 19.8. The molecule has 0 fully saturated rings. The van der Waals surface area contributed by atoms with Gasteiger partial charge in [0.05, 0.1) is 16.4 Å². The number of hydrogen-bond acceptors (Lipinski definition) is 5. The van der Waals surface area contributed by atoms with Gasteiger partial charge in [0.15, 0.2) is 17.5 Å². The Kier molecular flexibility index (Phi) is 7.03. The maximum absolute atomic E-state index is 6.69. The van der Waals surface area contributed by atoms with Gasteiger partial charge in [0.2, 0.25) is 0 Å². The Hall–Kier alpha value is -7.41. The molecule has 5 nitrogen and oxygen atoms in total. The van der Waals surface area contributed by atoms with Crippen LogP contribution in [0.4, 0.5) is 0 Å². The summed E-state index contributed by atoms with van der Waals surface area (Å²) >= 11 is 1.79. The fourth-order valence-electron chi connectivity index (χ4n) is 8.37. The minimum atomic E-state index is 0.587. The fourth-order valence-corrected chi connectivity index (χ4v) is 9.52. The van der Waals surface area contributed by atoms with Crippen molar-refractivity contribution in [1.29, 1.82) is 0 Å². The normalized spacial score (nSPS) is 11.9. The van der Waals surface area contributed by atoms with Crippen molar-refractivity contribution in [3.63, 3.8) is 0 Å².